The fourth-order valence-corrected chi connectivity index (χ4v) is 0.871. The highest BCUT2D eigenvalue weighted by atomic mass is 16.4. The number of hydrogen-bond donors (Lipinski definition) is 4. The average Bonchev–Trinajstić information content (AvgIpc) is 2.10. The Bertz CT molecular complexity index is 208. The molecule has 1 amide bonds. The minimum atomic E-state index is -1.15. The Hall–Kier alpha value is -1.14. The van der Waals surface area contributed by atoms with Gasteiger partial charge in [-0.05, 0) is 6.42 Å². The third kappa shape index (κ3) is 5.50. The van der Waals surface area contributed by atoms with E-state index in [1.807, 2.05) is 0 Å². The second kappa shape index (κ2) is 6.33. The van der Waals surface area contributed by atoms with E-state index in [2.05, 4.69) is 5.32 Å². The molecule has 0 saturated carbocycles. The van der Waals surface area contributed by atoms with Crippen LogP contribution in [-0.4, -0.2) is 40.8 Å². The molecule has 82 valence electrons. The van der Waals surface area contributed by atoms with Gasteiger partial charge in [-0.1, -0.05) is 6.92 Å². The van der Waals surface area contributed by atoms with Gasteiger partial charge in [0.2, 0.25) is 5.91 Å². The molecule has 0 aliphatic heterocycles. The average molecular weight is 204 g/mol. The molecule has 0 saturated heterocycles. The summed E-state index contributed by atoms with van der Waals surface area (Å²) in [5.41, 5.74) is 4.87. The summed E-state index contributed by atoms with van der Waals surface area (Å²) in [4.78, 5) is 21.1. The van der Waals surface area contributed by atoms with Gasteiger partial charge < -0.3 is 21.3 Å². The van der Waals surface area contributed by atoms with Gasteiger partial charge in [-0.2, -0.15) is 0 Å². The van der Waals surface area contributed by atoms with Crippen LogP contribution in [-0.2, 0) is 9.59 Å². The number of nitrogens with two attached hydrogens (primary N) is 1. The molecule has 0 radical (unpaired) electrons. The lowest BCUT2D eigenvalue weighted by molar-refractivity contribution is -0.141. The van der Waals surface area contributed by atoms with Crippen LogP contribution in [0.1, 0.15) is 19.8 Å². The van der Waals surface area contributed by atoms with Gasteiger partial charge in [0.1, 0.15) is 6.04 Å². The Kier molecular flexibility index (Phi) is 5.82. The lowest BCUT2D eigenvalue weighted by Gasteiger charge is -2.14. The number of nitrogens with one attached hydrogen (secondary N) is 1. The molecular formula is C8H16N2O4. The number of carboxylic acids is 1. The topological polar surface area (TPSA) is 113 Å². The zero-order valence-electron chi connectivity index (χ0n) is 8.06. The van der Waals surface area contributed by atoms with Gasteiger partial charge in [0.05, 0.1) is 12.5 Å². The monoisotopic (exact) mass is 204 g/mol. The van der Waals surface area contributed by atoms with Crippen LogP contribution in [0, 0.1) is 0 Å². The van der Waals surface area contributed by atoms with Crippen LogP contribution in [0.2, 0.25) is 0 Å². The van der Waals surface area contributed by atoms with Gasteiger partial charge >= 0.3 is 5.97 Å². The van der Waals surface area contributed by atoms with Crippen LogP contribution in [0.5, 0.6) is 0 Å². The van der Waals surface area contributed by atoms with Crippen LogP contribution >= 0.6 is 0 Å². The standard InChI is InChI=1S/C8H16N2O4/c1-2-5(11)4-10-6(8(13)14)3-7(9)12/h5-6,10-11H,2-4H2,1H3,(H2,9,12)(H,13,14)/t5?,6-/m0/s1. The van der Waals surface area contributed by atoms with Gasteiger partial charge in [0, 0.05) is 6.54 Å². The molecule has 0 aromatic heterocycles. The molecular weight excluding hydrogens is 188 g/mol. The van der Waals surface area contributed by atoms with Crippen molar-refractivity contribution in [3.05, 3.63) is 0 Å². The molecule has 1 unspecified atom stereocenters. The fourth-order valence-electron chi connectivity index (χ4n) is 0.871. The zero-order chi connectivity index (χ0) is 11.1. The Morgan fingerprint density at radius 3 is 2.43 bits per heavy atom. The Morgan fingerprint density at radius 2 is 2.07 bits per heavy atom. The van der Waals surface area contributed by atoms with Crippen LogP contribution in [0.25, 0.3) is 0 Å². The van der Waals surface area contributed by atoms with Gasteiger partial charge in [-0.25, -0.2) is 0 Å². The third-order valence-electron chi connectivity index (χ3n) is 1.77. The number of hydrogen-bond acceptors (Lipinski definition) is 4. The highest BCUT2D eigenvalue weighted by molar-refractivity contribution is 5.83. The van der Waals surface area contributed by atoms with Crippen LogP contribution in [0.3, 0.4) is 0 Å². The van der Waals surface area contributed by atoms with Crippen LogP contribution in [0.4, 0.5) is 0 Å². The molecule has 0 aromatic carbocycles. The Balaban J connectivity index is 3.97. The molecule has 0 rings (SSSR count). The number of carbonyl (C=O) groups excluding carboxylic acids is 1. The maximum Gasteiger partial charge on any atom is 0.321 e. The van der Waals surface area contributed by atoms with E-state index in [4.69, 9.17) is 15.9 Å². The summed E-state index contributed by atoms with van der Waals surface area (Å²) in [6, 6.07) is -1.02. The lowest BCUT2D eigenvalue weighted by atomic mass is 10.2. The summed E-state index contributed by atoms with van der Waals surface area (Å²) in [5, 5.41) is 20.4. The summed E-state index contributed by atoms with van der Waals surface area (Å²) in [5.74, 6) is -1.83. The van der Waals surface area contributed by atoms with Crippen molar-refractivity contribution >= 4 is 11.9 Å². The molecule has 0 fully saturated rings. The summed E-state index contributed by atoms with van der Waals surface area (Å²) in [6.45, 7) is 1.91. The van der Waals surface area contributed by atoms with E-state index in [9.17, 15) is 9.59 Å². The van der Waals surface area contributed by atoms with Gasteiger partial charge in [-0.15, -0.1) is 0 Å². The van der Waals surface area contributed by atoms with E-state index in [-0.39, 0.29) is 13.0 Å². The highest BCUT2D eigenvalue weighted by Crippen LogP contribution is 1.94. The second-order valence-corrected chi connectivity index (χ2v) is 3.03. The minimum absolute atomic E-state index is 0.140. The summed E-state index contributed by atoms with van der Waals surface area (Å²) in [7, 11) is 0. The highest BCUT2D eigenvalue weighted by Gasteiger charge is 2.19. The predicted molar refractivity (Wildman–Crippen MR) is 49.5 cm³/mol. The lowest BCUT2D eigenvalue weighted by Crippen LogP contribution is -2.43. The van der Waals surface area contributed by atoms with E-state index in [1.165, 1.54) is 0 Å². The van der Waals surface area contributed by atoms with Crippen molar-refractivity contribution < 1.29 is 19.8 Å². The summed E-state index contributed by atoms with van der Waals surface area (Å²) < 4.78 is 0. The fraction of sp³-hybridized carbons (Fsp3) is 0.750. The smallest absolute Gasteiger partial charge is 0.321 e. The van der Waals surface area contributed by atoms with Gasteiger partial charge in [0.25, 0.3) is 0 Å². The van der Waals surface area contributed by atoms with Crippen molar-refractivity contribution in [3.63, 3.8) is 0 Å². The number of aliphatic hydroxyl groups is 1. The van der Waals surface area contributed by atoms with Crippen LogP contribution < -0.4 is 11.1 Å². The Morgan fingerprint density at radius 1 is 1.50 bits per heavy atom. The zero-order valence-corrected chi connectivity index (χ0v) is 8.06. The first-order valence-corrected chi connectivity index (χ1v) is 4.40. The number of aliphatic carboxylic acids is 1. The quantitative estimate of drug-likeness (QED) is 0.410. The largest absolute Gasteiger partial charge is 0.480 e. The summed E-state index contributed by atoms with van der Waals surface area (Å²) >= 11 is 0. The number of amides is 1. The molecule has 0 spiro atoms. The van der Waals surface area contributed by atoms with E-state index in [1.54, 1.807) is 6.92 Å². The second-order valence-electron chi connectivity index (χ2n) is 3.03. The predicted octanol–water partition coefficient (Wildman–Crippen LogP) is -1.32. The first kappa shape index (κ1) is 12.9. The van der Waals surface area contributed by atoms with E-state index in [0.29, 0.717) is 6.42 Å². The first-order valence-electron chi connectivity index (χ1n) is 4.40. The minimum Gasteiger partial charge on any atom is -0.480 e. The number of carboxylic acid groups (broad SMARTS) is 1. The molecule has 0 bridgehead atoms. The van der Waals surface area contributed by atoms with Crippen molar-refractivity contribution in [1.82, 2.24) is 5.32 Å². The van der Waals surface area contributed by atoms with Crippen LogP contribution in [0.15, 0.2) is 0 Å². The number of aliphatic hydroxyl groups excluding tert-OH is 1. The number of primary amides is 1. The number of carbonyl (C=O) groups is 2. The molecule has 0 heterocycles. The van der Waals surface area contributed by atoms with E-state index in [0.717, 1.165) is 0 Å². The first-order chi connectivity index (χ1) is 6.47. The van der Waals surface area contributed by atoms with Crippen molar-refractivity contribution in [3.8, 4) is 0 Å². The van der Waals surface area contributed by atoms with Gasteiger partial charge in [-0.3, -0.25) is 9.59 Å². The SMILES string of the molecule is CCC(O)CN[C@@H](CC(N)=O)C(=O)O. The maximum atomic E-state index is 10.6. The molecule has 6 heteroatoms. The van der Waals surface area contributed by atoms with Crippen molar-refractivity contribution in [2.75, 3.05) is 6.54 Å². The molecule has 0 aliphatic rings. The molecule has 14 heavy (non-hydrogen) atoms. The molecule has 2 atom stereocenters. The Labute approximate surface area is 82.1 Å². The molecule has 5 N–H and O–H groups in total. The van der Waals surface area contributed by atoms with E-state index >= 15 is 0 Å². The third-order valence-corrected chi connectivity index (χ3v) is 1.77. The summed E-state index contributed by atoms with van der Waals surface area (Å²) in [6.07, 6.45) is -0.355. The van der Waals surface area contributed by atoms with E-state index < -0.39 is 24.0 Å². The maximum absolute atomic E-state index is 10.6. The van der Waals surface area contributed by atoms with Crippen molar-refractivity contribution in [2.45, 2.75) is 31.9 Å². The van der Waals surface area contributed by atoms with Crippen molar-refractivity contribution in [2.24, 2.45) is 5.73 Å². The van der Waals surface area contributed by atoms with Gasteiger partial charge in [0.15, 0.2) is 0 Å². The molecule has 0 aliphatic carbocycles. The normalized spacial score (nSPS) is 14.7. The molecule has 0 aromatic rings. The van der Waals surface area contributed by atoms with Crippen molar-refractivity contribution in [1.29, 1.82) is 0 Å². The number of rotatable bonds is 7. The molecule has 6 nitrogen and oxygen atoms in total.